The van der Waals surface area contributed by atoms with E-state index in [4.69, 9.17) is 4.74 Å². The fourth-order valence-electron chi connectivity index (χ4n) is 3.07. The van der Waals surface area contributed by atoms with Crippen LogP contribution in [-0.2, 0) is 4.74 Å². The first kappa shape index (κ1) is 12.3. The van der Waals surface area contributed by atoms with Crippen molar-refractivity contribution in [3.8, 4) is 0 Å². The van der Waals surface area contributed by atoms with E-state index >= 15 is 0 Å². The van der Waals surface area contributed by atoms with Gasteiger partial charge in [-0.25, -0.2) is 0 Å². The molecule has 1 N–H and O–H groups in total. The van der Waals surface area contributed by atoms with Crippen LogP contribution in [0.1, 0.15) is 33.1 Å². The van der Waals surface area contributed by atoms with Crippen molar-refractivity contribution in [2.45, 2.75) is 39.2 Å². The topological polar surface area (TPSA) is 32.7 Å². The van der Waals surface area contributed by atoms with Crippen molar-refractivity contribution in [3.05, 3.63) is 0 Å². The molecule has 94 valence electrons. The lowest BCUT2D eigenvalue weighted by Crippen LogP contribution is -2.47. The van der Waals surface area contributed by atoms with Crippen molar-refractivity contribution in [2.24, 2.45) is 11.3 Å². The molecule has 2 unspecified atom stereocenters. The van der Waals surface area contributed by atoms with E-state index in [0.717, 1.165) is 39.3 Å². The molecule has 16 heavy (non-hydrogen) atoms. The molecule has 1 aliphatic heterocycles. The highest BCUT2D eigenvalue weighted by molar-refractivity contribution is 4.89. The molecule has 0 amide bonds. The molecule has 0 radical (unpaired) electrons. The van der Waals surface area contributed by atoms with E-state index in [2.05, 4.69) is 18.7 Å². The number of rotatable bonds is 2. The van der Waals surface area contributed by atoms with Crippen molar-refractivity contribution in [2.75, 3.05) is 32.8 Å². The van der Waals surface area contributed by atoms with Gasteiger partial charge in [0, 0.05) is 19.6 Å². The number of ether oxygens (including phenoxy) is 1. The first-order chi connectivity index (χ1) is 7.59. The number of nitrogens with zero attached hydrogens (tertiary/aromatic N) is 1. The van der Waals surface area contributed by atoms with E-state index in [1.165, 1.54) is 12.8 Å². The maximum Gasteiger partial charge on any atom is 0.0631 e. The summed E-state index contributed by atoms with van der Waals surface area (Å²) in [6.45, 7) is 9.21. The molecule has 0 bridgehead atoms. The minimum Gasteiger partial charge on any atom is -0.392 e. The van der Waals surface area contributed by atoms with Crippen LogP contribution >= 0.6 is 0 Å². The Morgan fingerprint density at radius 3 is 2.69 bits per heavy atom. The van der Waals surface area contributed by atoms with Gasteiger partial charge < -0.3 is 9.84 Å². The second kappa shape index (κ2) is 5.03. The third kappa shape index (κ3) is 2.76. The van der Waals surface area contributed by atoms with Gasteiger partial charge in [-0.2, -0.15) is 0 Å². The molecule has 0 aromatic rings. The molecule has 1 saturated heterocycles. The summed E-state index contributed by atoms with van der Waals surface area (Å²) < 4.78 is 5.35. The smallest absolute Gasteiger partial charge is 0.0631 e. The van der Waals surface area contributed by atoms with E-state index in [1.54, 1.807) is 0 Å². The fraction of sp³-hybridized carbons (Fsp3) is 1.00. The normalized spacial score (nSPS) is 36.2. The summed E-state index contributed by atoms with van der Waals surface area (Å²) in [5, 5.41) is 10.4. The summed E-state index contributed by atoms with van der Waals surface area (Å²) >= 11 is 0. The maximum atomic E-state index is 10.4. The number of hydrogen-bond donors (Lipinski definition) is 1. The molecule has 1 aliphatic carbocycles. The molecule has 3 nitrogen and oxygen atoms in total. The van der Waals surface area contributed by atoms with Crippen LogP contribution in [0.4, 0.5) is 0 Å². The van der Waals surface area contributed by atoms with Gasteiger partial charge in [0.25, 0.3) is 0 Å². The second-order valence-corrected chi connectivity index (χ2v) is 6.00. The quantitative estimate of drug-likeness (QED) is 0.776. The first-order valence-corrected chi connectivity index (χ1v) is 6.58. The Bertz CT molecular complexity index is 224. The highest BCUT2D eigenvalue weighted by Crippen LogP contribution is 2.39. The number of hydrogen-bond acceptors (Lipinski definition) is 3. The molecule has 0 aromatic carbocycles. The monoisotopic (exact) mass is 227 g/mol. The highest BCUT2D eigenvalue weighted by atomic mass is 16.5. The van der Waals surface area contributed by atoms with Gasteiger partial charge >= 0.3 is 0 Å². The molecule has 0 aromatic heterocycles. The van der Waals surface area contributed by atoms with Crippen molar-refractivity contribution in [3.63, 3.8) is 0 Å². The van der Waals surface area contributed by atoms with Crippen LogP contribution in [0.25, 0.3) is 0 Å². The predicted molar refractivity (Wildman–Crippen MR) is 64.4 cm³/mol. The maximum absolute atomic E-state index is 10.4. The van der Waals surface area contributed by atoms with E-state index in [-0.39, 0.29) is 11.5 Å². The fourth-order valence-corrected chi connectivity index (χ4v) is 3.07. The van der Waals surface area contributed by atoms with Gasteiger partial charge in [0.2, 0.25) is 0 Å². The molecule has 3 heteroatoms. The Kier molecular flexibility index (Phi) is 3.88. The Labute approximate surface area is 98.8 Å². The van der Waals surface area contributed by atoms with Crippen LogP contribution in [0.3, 0.4) is 0 Å². The van der Waals surface area contributed by atoms with E-state index in [1.807, 2.05) is 0 Å². The van der Waals surface area contributed by atoms with E-state index in [0.29, 0.717) is 5.92 Å². The van der Waals surface area contributed by atoms with Crippen molar-refractivity contribution >= 4 is 0 Å². The summed E-state index contributed by atoms with van der Waals surface area (Å²) in [5.74, 6) is 0.460. The van der Waals surface area contributed by atoms with Crippen LogP contribution < -0.4 is 0 Å². The average Bonchev–Trinajstić information content (AvgIpc) is 2.26. The average molecular weight is 227 g/mol. The lowest BCUT2D eigenvalue weighted by molar-refractivity contribution is -0.0536. The standard InChI is InChI=1S/C13H25NO2/c1-13(2)5-3-4-11(12(13)15)10-14-6-8-16-9-7-14/h11-12,15H,3-10H2,1-2H3. The zero-order valence-corrected chi connectivity index (χ0v) is 10.6. The number of aliphatic hydroxyl groups is 1. The zero-order chi connectivity index (χ0) is 11.6. The minimum absolute atomic E-state index is 0.106. The zero-order valence-electron chi connectivity index (χ0n) is 10.6. The minimum atomic E-state index is -0.135. The van der Waals surface area contributed by atoms with E-state index in [9.17, 15) is 5.11 Å². The summed E-state index contributed by atoms with van der Waals surface area (Å²) in [5.41, 5.74) is 0.106. The molecular weight excluding hydrogens is 202 g/mol. The third-order valence-electron chi connectivity index (χ3n) is 4.24. The Morgan fingerprint density at radius 1 is 1.31 bits per heavy atom. The van der Waals surface area contributed by atoms with Crippen molar-refractivity contribution < 1.29 is 9.84 Å². The lowest BCUT2D eigenvalue weighted by Gasteiger charge is -2.43. The van der Waals surface area contributed by atoms with Gasteiger partial charge in [0.05, 0.1) is 19.3 Å². The lowest BCUT2D eigenvalue weighted by atomic mass is 9.69. The molecule has 2 atom stereocenters. The second-order valence-electron chi connectivity index (χ2n) is 6.00. The molecule has 0 spiro atoms. The molecule has 2 fully saturated rings. The predicted octanol–water partition coefficient (Wildman–Crippen LogP) is 1.51. The van der Waals surface area contributed by atoms with Crippen molar-refractivity contribution in [1.29, 1.82) is 0 Å². The summed E-state index contributed by atoms with van der Waals surface area (Å²) in [6.07, 6.45) is 3.47. The van der Waals surface area contributed by atoms with Gasteiger partial charge in [-0.1, -0.05) is 20.3 Å². The van der Waals surface area contributed by atoms with Crippen LogP contribution in [0.5, 0.6) is 0 Å². The van der Waals surface area contributed by atoms with Crippen LogP contribution in [0, 0.1) is 11.3 Å². The summed E-state index contributed by atoms with van der Waals surface area (Å²) in [7, 11) is 0. The van der Waals surface area contributed by atoms with Crippen LogP contribution in [0.15, 0.2) is 0 Å². The molecular formula is C13H25NO2. The Hall–Kier alpha value is -0.120. The molecule has 1 heterocycles. The van der Waals surface area contributed by atoms with E-state index < -0.39 is 0 Å². The molecule has 1 saturated carbocycles. The Morgan fingerprint density at radius 2 is 2.00 bits per heavy atom. The van der Waals surface area contributed by atoms with Crippen LogP contribution in [-0.4, -0.2) is 49.0 Å². The molecule has 2 rings (SSSR count). The van der Waals surface area contributed by atoms with Crippen molar-refractivity contribution in [1.82, 2.24) is 4.90 Å². The number of morpholine rings is 1. The van der Waals surface area contributed by atoms with Gasteiger partial charge in [0.1, 0.15) is 0 Å². The SMILES string of the molecule is CC1(C)CCCC(CN2CCOCC2)C1O. The summed E-state index contributed by atoms with van der Waals surface area (Å²) in [6, 6.07) is 0. The first-order valence-electron chi connectivity index (χ1n) is 6.58. The Balaban J connectivity index is 1.88. The van der Waals surface area contributed by atoms with Gasteiger partial charge in [-0.3, -0.25) is 4.90 Å². The van der Waals surface area contributed by atoms with Gasteiger partial charge in [0.15, 0.2) is 0 Å². The van der Waals surface area contributed by atoms with Gasteiger partial charge in [-0.15, -0.1) is 0 Å². The summed E-state index contributed by atoms with van der Waals surface area (Å²) in [4.78, 5) is 2.44. The third-order valence-corrected chi connectivity index (χ3v) is 4.24. The molecule has 2 aliphatic rings. The number of aliphatic hydroxyl groups excluding tert-OH is 1. The largest absolute Gasteiger partial charge is 0.392 e. The van der Waals surface area contributed by atoms with Gasteiger partial charge in [-0.05, 0) is 24.2 Å². The van der Waals surface area contributed by atoms with Crippen LogP contribution in [0.2, 0.25) is 0 Å². The highest BCUT2D eigenvalue weighted by Gasteiger charge is 2.38.